The van der Waals surface area contributed by atoms with E-state index in [9.17, 15) is 0 Å². The van der Waals surface area contributed by atoms with E-state index >= 15 is 0 Å². The molecule has 3 atom stereocenters. The third-order valence-corrected chi connectivity index (χ3v) is 4.32. The van der Waals surface area contributed by atoms with Gasteiger partial charge in [-0.2, -0.15) is 0 Å². The van der Waals surface area contributed by atoms with Crippen molar-refractivity contribution in [3.05, 3.63) is 71.3 Å². The minimum Gasteiger partial charge on any atom is -0.310 e. The van der Waals surface area contributed by atoms with Gasteiger partial charge >= 0.3 is 0 Å². The molecule has 1 N–H and O–H groups in total. The summed E-state index contributed by atoms with van der Waals surface area (Å²) >= 11 is 0. The van der Waals surface area contributed by atoms with E-state index in [-0.39, 0.29) is 0 Å². The van der Waals surface area contributed by atoms with E-state index in [0.717, 1.165) is 18.4 Å². The number of rotatable bonds is 5. The fraction of sp³-hybridized carbons (Fsp3) is 0.368. The van der Waals surface area contributed by atoms with Gasteiger partial charge in [0.2, 0.25) is 0 Å². The summed E-state index contributed by atoms with van der Waals surface area (Å²) < 4.78 is 0. The fourth-order valence-corrected chi connectivity index (χ4v) is 3.27. The molecule has 104 valence electrons. The van der Waals surface area contributed by atoms with Crippen LogP contribution in [0.5, 0.6) is 0 Å². The Labute approximate surface area is 122 Å². The maximum Gasteiger partial charge on any atom is 0.0354 e. The van der Waals surface area contributed by atoms with Crippen molar-refractivity contribution in [3.63, 3.8) is 0 Å². The first kappa shape index (κ1) is 13.4. The van der Waals surface area contributed by atoms with Crippen molar-refractivity contribution in [3.8, 4) is 0 Å². The Morgan fingerprint density at radius 1 is 1.10 bits per heavy atom. The zero-order valence-corrected chi connectivity index (χ0v) is 12.3. The third-order valence-electron chi connectivity index (χ3n) is 4.32. The Morgan fingerprint density at radius 2 is 1.90 bits per heavy atom. The normalized spacial score (nSPS) is 22.5. The van der Waals surface area contributed by atoms with Crippen molar-refractivity contribution >= 4 is 0 Å². The quantitative estimate of drug-likeness (QED) is 0.842. The molecule has 1 nitrogen and oxygen atoms in total. The minimum absolute atomic E-state index is 0.491. The standard InChI is InChI=1S/C19H23N/c1-3-20-19(16-11-7-8-14(2)12-16)18-13-17(18)15-9-5-4-6-10-15/h4-12,17-20H,3,13H2,1-2H3. The minimum atomic E-state index is 0.491. The zero-order valence-electron chi connectivity index (χ0n) is 12.3. The Hall–Kier alpha value is -1.60. The van der Waals surface area contributed by atoms with Crippen LogP contribution in [0, 0.1) is 12.8 Å². The summed E-state index contributed by atoms with van der Waals surface area (Å²) in [5, 5.41) is 3.69. The molecule has 1 aliphatic rings. The molecular formula is C19H23N. The fourth-order valence-electron chi connectivity index (χ4n) is 3.27. The maximum atomic E-state index is 3.69. The van der Waals surface area contributed by atoms with Crippen molar-refractivity contribution < 1.29 is 0 Å². The van der Waals surface area contributed by atoms with Gasteiger partial charge < -0.3 is 5.32 Å². The molecule has 20 heavy (non-hydrogen) atoms. The first-order chi connectivity index (χ1) is 9.79. The highest BCUT2D eigenvalue weighted by Gasteiger charge is 2.43. The first-order valence-corrected chi connectivity index (χ1v) is 7.64. The average Bonchev–Trinajstić information content (AvgIpc) is 3.26. The van der Waals surface area contributed by atoms with E-state index in [1.165, 1.54) is 23.1 Å². The van der Waals surface area contributed by atoms with Crippen LogP contribution in [0.15, 0.2) is 54.6 Å². The van der Waals surface area contributed by atoms with Crippen molar-refractivity contribution in [2.45, 2.75) is 32.2 Å². The summed E-state index contributed by atoms with van der Waals surface area (Å²) in [4.78, 5) is 0. The monoisotopic (exact) mass is 265 g/mol. The summed E-state index contributed by atoms with van der Waals surface area (Å²) in [7, 11) is 0. The van der Waals surface area contributed by atoms with Crippen LogP contribution in [0.2, 0.25) is 0 Å². The molecule has 1 saturated carbocycles. The van der Waals surface area contributed by atoms with E-state index in [2.05, 4.69) is 73.8 Å². The number of benzene rings is 2. The van der Waals surface area contributed by atoms with Crippen molar-refractivity contribution in [2.75, 3.05) is 6.54 Å². The molecule has 2 aromatic carbocycles. The molecule has 2 aromatic rings. The van der Waals surface area contributed by atoms with Crippen LogP contribution in [0.3, 0.4) is 0 Å². The number of nitrogens with one attached hydrogen (secondary N) is 1. The SMILES string of the molecule is CCNC(c1cccc(C)c1)C1CC1c1ccccc1. The van der Waals surface area contributed by atoms with Gasteiger partial charge in [-0.1, -0.05) is 67.1 Å². The van der Waals surface area contributed by atoms with E-state index in [4.69, 9.17) is 0 Å². The second-order valence-corrected chi connectivity index (χ2v) is 5.87. The van der Waals surface area contributed by atoms with Gasteiger partial charge in [0.1, 0.15) is 0 Å². The molecule has 0 saturated heterocycles. The molecule has 0 radical (unpaired) electrons. The van der Waals surface area contributed by atoms with Crippen LogP contribution in [-0.4, -0.2) is 6.54 Å². The molecular weight excluding hydrogens is 242 g/mol. The maximum absolute atomic E-state index is 3.69. The van der Waals surface area contributed by atoms with Crippen LogP contribution >= 0.6 is 0 Å². The lowest BCUT2D eigenvalue weighted by Crippen LogP contribution is -2.23. The molecule has 0 spiro atoms. The smallest absolute Gasteiger partial charge is 0.0354 e. The van der Waals surface area contributed by atoms with E-state index in [1.54, 1.807) is 0 Å². The molecule has 1 aliphatic carbocycles. The van der Waals surface area contributed by atoms with Gasteiger partial charge in [-0.25, -0.2) is 0 Å². The lowest BCUT2D eigenvalue weighted by atomic mass is 9.97. The summed E-state index contributed by atoms with van der Waals surface area (Å²) in [6, 6.07) is 20.4. The molecule has 3 unspecified atom stereocenters. The second kappa shape index (κ2) is 5.80. The Kier molecular flexibility index (Phi) is 3.88. The van der Waals surface area contributed by atoms with Gasteiger partial charge in [-0.05, 0) is 42.9 Å². The Morgan fingerprint density at radius 3 is 2.60 bits per heavy atom. The van der Waals surface area contributed by atoms with Crippen molar-refractivity contribution in [2.24, 2.45) is 5.92 Å². The molecule has 0 heterocycles. The van der Waals surface area contributed by atoms with E-state index in [1.807, 2.05) is 0 Å². The summed E-state index contributed by atoms with van der Waals surface area (Å²) in [6.45, 7) is 5.40. The molecule has 0 aliphatic heterocycles. The largest absolute Gasteiger partial charge is 0.310 e. The van der Waals surface area contributed by atoms with Gasteiger partial charge in [0.05, 0.1) is 0 Å². The molecule has 0 amide bonds. The highest BCUT2D eigenvalue weighted by molar-refractivity contribution is 5.32. The Balaban J connectivity index is 1.80. The van der Waals surface area contributed by atoms with Gasteiger partial charge in [-0.15, -0.1) is 0 Å². The summed E-state index contributed by atoms with van der Waals surface area (Å²) in [6.07, 6.45) is 1.30. The summed E-state index contributed by atoms with van der Waals surface area (Å²) in [5.41, 5.74) is 4.28. The molecule has 0 bridgehead atoms. The molecule has 1 heteroatoms. The van der Waals surface area contributed by atoms with Crippen LogP contribution in [0.25, 0.3) is 0 Å². The highest BCUT2D eigenvalue weighted by atomic mass is 14.9. The number of hydrogen-bond acceptors (Lipinski definition) is 1. The molecule has 1 fully saturated rings. The molecule has 0 aromatic heterocycles. The van der Waals surface area contributed by atoms with Crippen molar-refractivity contribution in [1.29, 1.82) is 0 Å². The van der Waals surface area contributed by atoms with Crippen LogP contribution in [0.4, 0.5) is 0 Å². The van der Waals surface area contributed by atoms with Gasteiger partial charge in [-0.3, -0.25) is 0 Å². The van der Waals surface area contributed by atoms with Crippen LogP contribution < -0.4 is 5.32 Å². The number of hydrogen-bond donors (Lipinski definition) is 1. The highest BCUT2D eigenvalue weighted by Crippen LogP contribution is 2.54. The van der Waals surface area contributed by atoms with E-state index in [0.29, 0.717) is 6.04 Å². The zero-order chi connectivity index (χ0) is 13.9. The lowest BCUT2D eigenvalue weighted by Gasteiger charge is -2.19. The molecule has 3 rings (SSSR count). The average molecular weight is 265 g/mol. The topological polar surface area (TPSA) is 12.0 Å². The van der Waals surface area contributed by atoms with Gasteiger partial charge in [0.25, 0.3) is 0 Å². The van der Waals surface area contributed by atoms with Crippen LogP contribution in [-0.2, 0) is 0 Å². The van der Waals surface area contributed by atoms with Gasteiger partial charge in [0.15, 0.2) is 0 Å². The predicted octanol–water partition coefficient (Wildman–Crippen LogP) is 4.45. The first-order valence-electron chi connectivity index (χ1n) is 7.64. The van der Waals surface area contributed by atoms with E-state index < -0.39 is 0 Å². The van der Waals surface area contributed by atoms with Crippen molar-refractivity contribution in [1.82, 2.24) is 5.32 Å². The predicted molar refractivity (Wildman–Crippen MR) is 84.9 cm³/mol. The third kappa shape index (κ3) is 2.78. The van der Waals surface area contributed by atoms with Crippen LogP contribution in [0.1, 0.15) is 42.0 Å². The summed E-state index contributed by atoms with van der Waals surface area (Å²) in [5.74, 6) is 1.46. The lowest BCUT2D eigenvalue weighted by molar-refractivity contribution is 0.487. The number of aryl methyl sites for hydroxylation is 1. The Bertz CT molecular complexity index is 561. The second-order valence-electron chi connectivity index (χ2n) is 5.87. The van der Waals surface area contributed by atoms with Gasteiger partial charge in [0, 0.05) is 6.04 Å².